The van der Waals surface area contributed by atoms with Gasteiger partial charge < -0.3 is 0 Å². The molecule has 0 spiro atoms. The molecule has 0 radical (unpaired) electrons. The van der Waals surface area contributed by atoms with Crippen molar-refractivity contribution in [2.24, 2.45) is 0 Å². The van der Waals surface area contributed by atoms with Crippen molar-refractivity contribution in [2.75, 3.05) is 13.1 Å². The quantitative estimate of drug-likeness (QED) is 0.380. The summed E-state index contributed by atoms with van der Waals surface area (Å²) in [4.78, 5) is 54.6. The molecule has 152 valence electrons. The summed E-state index contributed by atoms with van der Waals surface area (Å²) in [6.45, 7) is 7.92. The van der Waals surface area contributed by atoms with Crippen molar-refractivity contribution in [3.63, 3.8) is 0 Å². The number of carbonyl (C=O) groups is 4. The second kappa shape index (κ2) is 7.71. The van der Waals surface area contributed by atoms with E-state index in [1.807, 2.05) is 0 Å². The number of hydrogen-bond donors (Lipinski definition) is 0. The maximum absolute atomic E-state index is 13.0. The van der Waals surface area contributed by atoms with Crippen molar-refractivity contribution < 1.29 is 19.2 Å². The summed E-state index contributed by atoms with van der Waals surface area (Å²) in [6.07, 6.45) is 6.15. The van der Waals surface area contributed by atoms with Gasteiger partial charge in [0.25, 0.3) is 23.6 Å². The Bertz CT molecular complexity index is 972. The van der Waals surface area contributed by atoms with Gasteiger partial charge in [0, 0.05) is 46.1 Å². The van der Waals surface area contributed by atoms with Crippen LogP contribution < -0.4 is 0 Å². The van der Waals surface area contributed by atoms with E-state index in [1.165, 1.54) is 9.80 Å². The van der Waals surface area contributed by atoms with Crippen LogP contribution in [-0.2, 0) is 0 Å². The number of rotatable bonds is 8. The van der Waals surface area contributed by atoms with Crippen molar-refractivity contribution in [3.8, 4) is 0 Å². The lowest BCUT2D eigenvalue weighted by atomic mass is 9.86. The number of hydrogen-bond acceptors (Lipinski definition) is 4. The summed E-state index contributed by atoms with van der Waals surface area (Å²) >= 11 is 0. The molecule has 0 bridgehead atoms. The van der Waals surface area contributed by atoms with Crippen LogP contribution in [0.3, 0.4) is 0 Å². The predicted molar refractivity (Wildman–Crippen MR) is 114 cm³/mol. The van der Waals surface area contributed by atoms with E-state index in [9.17, 15) is 19.2 Å². The minimum absolute atomic E-state index is 0.295. The molecule has 0 aromatic heterocycles. The molecule has 0 atom stereocenters. The highest BCUT2D eigenvalue weighted by atomic mass is 16.2. The van der Waals surface area contributed by atoms with Crippen LogP contribution in [0.1, 0.15) is 67.1 Å². The fraction of sp³-hybridized carbons (Fsp3) is 0.250. The number of unbranched alkanes of at least 4 members (excludes halogenated alkanes) is 2. The summed E-state index contributed by atoms with van der Waals surface area (Å²) in [6, 6.07) is 6.37. The van der Waals surface area contributed by atoms with Gasteiger partial charge in [0.15, 0.2) is 0 Å². The zero-order valence-electron chi connectivity index (χ0n) is 16.6. The molecule has 2 aromatic rings. The normalized spacial score (nSPS) is 15.2. The maximum atomic E-state index is 13.0. The molecule has 0 unspecified atom stereocenters. The Morgan fingerprint density at radius 2 is 0.900 bits per heavy atom. The molecule has 0 N–H and O–H groups in total. The lowest BCUT2D eigenvalue weighted by molar-refractivity contribution is 0.0587. The number of nitrogens with zero attached hydrogens (tertiary/aromatic N) is 2. The lowest BCUT2D eigenvalue weighted by Crippen LogP contribution is -2.43. The highest BCUT2D eigenvalue weighted by Crippen LogP contribution is 2.37. The van der Waals surface area contributed by atoms with E-state index in [0.717, 1.165) is 0 Å². The van der Waals surface area contributed by atoms with Crippen LogP contribution in [0, 0.1) is 0 Å². The molecule has 2 heterocycles. The van der Waals surface area contributed by atoms with Crippen LogP contribution in [0.2, 0.25) is 0 Å². The van der Waals surface area contributed by atoms with Crippen LogP contribution in [0.15, 0.2) is 49.6 Å². The van der Waals surface area contributed by atoms with Gasteiger partial charge in [-0.2, -0.15) is 0 Å². The molecule has 2 aromatic carbocycles. The zero-order valence-corrected chi connectivity index (χ0v) is 16.6. The molecule has 0 saturated heterocycles. The van der Waals surface area contributed by atoms with E-state index in [4.69, 9.17) is 0 Å². The Kier molecular flexibility index (Phi) is 5.08. The zero-order chi connectivity index (χ0) is 21.4. The largest absolute Gasteiger partial charge is 0.274 e. The van der Waals surface area contributed by atoms with E-state index in [0.29, 0.717) is 71.8 Å². The lowest BCUT2D eigenvalue weighted by Gasteiger charge is -2.31. The first-order chi connectivity index (χ1) is 14.5. The molecule has 30 heavy (non-hydrogen) atoms. The number of allylic oxidation sites excluding steroid dienone is 2. The summed E-state index contributed by atoms with van der Waals surface area (Å²) < 4.78 is 0. The predicted octanol–water partition coefficient (Wildman–Crippen LogP) is 3.96. The van der Waals surface area contributed by atoms with Crippen LogP contribution in [-0.4, -0.2) is 46.5 Å². The van der Waals surface area contributed by atoms with Gasteiger partial charge in [0.05, 0.1) is 0 Å². The second-order valence-corrected chi connectivity index (χ2v) is 7.46. The number of benzene rings is 2. The molecular weight excluding hydrogens is 380 g/mol. The topological polar surface area (TPSA) is 74.8 Å². The van der Waals surface area contributed by atoms with Gasteiger partial charge in [0.2, 0.25) is 0 Å². The summed E-state index contributed by atoms with van der Waals surface area (Å²) in [5, 5.41) is 0.819. The number of amides is 4. The summed E-state index contributed by atoms with van der Waals surface area (Å²) in [7, 11) is 0. The molecule has 6 nitrogen and oxygen atoms in total. The number of carbonyl (C=O) groups excluding carboxylic acids is 4. The van der Waals surface area contributed by atoms with E-state index in [1.54, 1.807) is 36.4 Å². The third-order valence-corrected chi connectivity index (χ3v) is 5.64. The van der Waals surface area contributed by atoms with Gasteiger partial charge in [-0.3, -0.25) is 29.0 Å². The molecule has 2 aliphatic heterocycles. The van der Waals surface area contributed by atoms with Crippen LogP contribution in [0.25, 0.3) is 10.8 Å². The Morgan fingerprint density at radius 1 is 0.600 bits per heavy atom. The smallest absolute Gasteiger partial charge is 0.261 e. The van der Waals surface area contributed by atoms with Crippen molar-refractivity contribution in [1.82, 2.24) is 9.80 Å². The first kappa shape index (κ1) is 19.8. The van der Waals surface area contributed by atoms with Gasteiger partial charge in [-0.25, -0.2) is 0 Å². The highest BCUT2D eigenvalue weighted by molar-refractivity contribution is 6.33. The summed E-state index contributed by atoms with van der Waals surface area (Å²) in [5.41, 5.74) is 1.41. The SMILES string of the molecule is C=CCCCN1C(=O)c2ccc3c4c(ccc(c24)C1=O)C(=O)N(CCCC=C)C3=O. The summed E-state index contributed by atoms with van der Waals surface area (Å²) in [5.74, 6) is -1.58. The van der Waals surface area contributed by atoms with E-state index in [-0.39, 0.29) is 0 Å². The van der Waals surface area contributed by atoms with Crippen molar-refractivity contribution in [2.45, 2.75) is 25.7 Å². The van der Waals surface area contributed by atoms with Gasteiger partial charge in [-0.15, -0.1) is 13.2 Å². The monoisotopic (exact) mass is 402 g/mol. The van der Waals surface area contributed by atoms with Crippen LogP contribution in [0.4, 0.5) is 0 Å². The molecule has 0 fully saturated rings. The van der Waals surface area contributed by atoms with Crippen molar-refractivity contribution in [3.05, 3.63) is 71.8 Å². The van der Waals surface area contributed by atoms with Crippen LogP contribution >= 0.6 is 0 Å². The van der Waals surface area contributed by atoms with E-state index < -0.39 is 23.6 Å². The Morgan fingerprint density at radius 3 is 1.17 bits per heavy atom. The molecule has 4 rings (SSSR count). The third-order valence-electron chi connectivity index (χ3n) is 5.64. The highest BCUT2D eigenvalue weighted by Gasteiger charge is 2.39. The number of imide groups is 2. The fourth-order valence-electron chi connectivity index (χ4n) is 4.17. The van der Waals surface area contributed by atoms with Crippen molar-refractivity contribution >= 4 is 34.4 Å². The average molecular weight is 402 g/mol. The second-order valence-electron chi connectivity index (χ2n) is 7.46. The maximum Gasteiger partial charge on any atom is 0.261 e. The Labute approximate surface area is 174 Å². The van der Waals surface area contributed by atoms with Crippen LogP contribution in [0.5, 0.6) is 0 Å². The van der Waals surface area contributed by atoms with Gasteiger partial charge in [-0.1, -0.05) is 12.2 Å². The Balaban J connectivity index is 1.82. The molecule has 6 heteroatoms. The first-order valence-corrected chi connectivity index (χ1v) is 10.0. The van der Waals surface area contributed by atoms with Gasteiger partial charge in [0.1, 0.15) is 0 Å². The molecule has 0 saturated carbocycles. The fourth-order valence-corrected chi connectivity index (χ4v) is 4.17. The average Bonchev–Trinajstić information content (AvgIpc) is 2.75. The molecule has 4 amide bonds. The standard InChI is InChI=1S/C24H22N2O4/c1-3-5-7-13-25-21(27)15-9-11-17-20-18(12-10-16(19(15)20)22(25)28)24(30)26(23(17)29)14-8-6-4-2/h3-4,9-12H,1-2,5-8,13-14H2. The van der Waals surface area contributed by atoms with E-state index >= 15 is 0 Å². The van der Waals surface area contributed by atoms with Gasteiger partial charge >= 0.3 is 0 Å². The van der Waals surface area contributed by atoms with E-state index in [2.05, 4.69) is 13.2 Å². The molecule has 2 aliphatic rings. The first-order valence-electron chi connectivity index (χ1n) is 10.0. The third kappa shape index (κ3) is 2.87. The van der Waals surface area contributed by atoms with Gasteiger partial charge in [-0.05, 0) is 49.9 Å². The molecular formula is C24H22N2O4. The molecule has 0 aliphatic carbocycles. The minimum Gasteiger partial charge on any atom is -0.274 e. The van der Waals surface area contributed by atoms with Crippen molar-refractivity contribution in [1.29, 1.82) is 0 Å². The minimum atomic E-state index is -0.395. The Hall–Kier alpha value is -3.54.